The molecule has 2 aliphatic rings. The van der Waals surface area contributed by atoms with Gasteiger partial charge in [0.05, 0.1) is 26.0 Å². The minimum Gasteiger partial charge on any atom is -0.469 e. The van der Waals surface area contributed by atoms with E-state index in [1.807, 2.05) is 25.1 Å². The minimum atomic E-state index is 0.411. The van der Waals surface area contributed by atoms with Crippen LogP contribution in [0.3, 0.4) is 0 Å². The van der Waals surface area contributed by atoms with Gasteiger partial charge in [0.25, 0.3) is 0 Å². The first-order valence-corrected chi connectivity index (χ1v) is 11.8. The molecule has 32 heavy (non-hydrogen) atoms. The van der Waals surface area contributed by atoms with Crippen molar-refractivity contribution >= 4 is 11.8 Å². The van der Waals surface area contributed by atoms with E-state index in [-0.39, 0.29) is 0 Å². The summed E-state index contributed by atoms with van der Waals surface area (Å²) in [6.07, 6.45) is 4.70. The van der Waals surface area contributed by atoms with Gasteiger partial charge in [0.1, 0.15) is 11.6 Å². The Balaban J connectivity index is 1.28. The van der Waals surface area contributed by atoms with Crippen LogP contribution < -0.4 is 15.5 Å². The summed E-state index contributed by atoms with van der Waals surface area (Å²) in [7, 11) is 0. The molecule has 2 N–H and O–H groups in total. The lowest BCUT2D eigenvalue weighted by Gasteiger charge is -2.34. The number of rotatable bonds is 8. The summed E-state index contributed by atoms with van der Waals surface area (Å²) < 4.78 is 10.9. The van der Waals surface area contributed by atoms with Gasteiger partial charge in [-0.25, -0.2) is 4.98 Å². The Morgan fingerprint density at radius 3 is 2.72 bits per heavy atom. The van der Waals surface area contributed by atoms with Crippen molar-refractivity contribution in [3.05, 3.63) is 48.0 Å². The maximum Gasteiger partial charge on any atom is 0.191 e. The van der Waals surface area contributed by atoms with Crippen molar-refractivity contribution in [2.24, 2.45) is 4.99 Å². The molecule has 0 saturated carbocycles. The molecule has 8 heteroatoms. The fourth-order valence-corrected chi connectivity index (χ4v) is 4.19. The van der Waals surface area contributed by atoms with E-state index in [4.69, 9.17) is 14.1 Å². The van der Waals surface area contributed by atoms with E-state index in [9.17, 15) is 0 Å². The zero-order valence-corrected chi connectivity index (χ0v) is 19.1. The van der Waals surface area contributed by atoms with Crippen molar-refractivity contribution in [1.82, 2.24) is 20.5 Å². The van der Waals surface area contributed by atoms with Gasteiger partial charge in [-0.05, 0) is 44.0 Å². The number of anilines is 1. The van der Waals surface area contributed by atoms with Gasteiger partial charge < -0.3 is 24.7 Å². The molecule has 0 radical (unpaired) electrons. The van der Waals surface area contributed by atoms with Crippen molar-refractivity contribution in [3.63, 3.8) is 0 Å². The number of aryl methyl sites for hydroxylation is 1. The predicted octanol–water partition coefficient (Wildman–Crippen LogP) is 2.06. The smallest absolute Gasteiger partial charge is 0.191 e. The number of furan rings is 1. The van der Waals surface area contributed by atoms with E-state index >= 15 is 0 Å². The normalized spacial score (nSPS) is 18.7. The number of morpholine rings is 1. The van der Waals surface area contributed by atoms with E-state index in [0.717, 1.165) is 102 Å². The van der Waals surface area contributed by atoms with Gasteiger partial charge in [-0.2, -0.15) is 0 Å². The van der Waals surface area contributed by atoms with Crippen molar-refractivity contribution in [2.45, 2.75) is 32.2 Å². The highest BCUT2D eigenvalue weighted by atomic mass is 16.5. The fraction of sp³-hybridized carbons (Fsp3) is 0.583. The molecular formula is C24H36N6O2. The summed E-state index contributed by atoms with van der Waals surface area (Å²) in [4.78, 5) is 14.4. The number of guanidine groups is 1. The highest BCUT2D eigenvalue weighted by Gasteiger charge is 2.21. The summed E-state index contributed by atoms with van der Waals surface area (Å²) in [5.74, 6) is 2.97. The number of ether oxygens (including phenoxy) is 1. The third kappa shape index (κ3) is 6.97. The number of aromatic nitrogens is 1. The Kier molecular flexibility index (Phi) is 8.39. The first-order valence-electron chi connectivity index (χ1n) is 11.8. The standard InChI is InChI=1S/C24H36N6O2/c1-20-4-2-6-23(27-20)30-12-8-21(9-13-30)28-24(25-10-7-22-5-3-17-32-22)26-11-14-29-15-18-31-19-16-29/h2-6,17,21H,7-16,18-19H2,1H3,(H2,25,26,28). The maximum absolute atomic E-state index is 5.46. The molecule has 4 heterocycles. The van der Waals surface area contributed by atoms with Crippen molar-refractivity contribution in [1.29, 1.82) is 0 Å². The van der Waals surface area contributed by atoms with Crippen LogP contribution in [0.4, 0.5) is 5.82 Å². The second kappa shape index (κ2) is 11.9. The second-order valence-electron chi connectivity index (χ2n) is 8.48. The van der Waals surface area contributed by atoms with Crippen LogP contribution in [0, 0.1) is 6.92 Å². The molecular weight excluding hydrogens is 404 g/mol. The molecule has 174 valence electrons. The van der Waals surface area contributed by atoms with Gasteiger partial charge >= 0.3 is 0 Å². The number of nitrogens with one attached hydrogen (secondary N) is 2. The lowest BCUT2D eigenvalue weighted by Crippen LogP contribution is -2.49. The molecule has 4 rings (SSSR count). The molecule has 0 aromatic carbocycles. The topological polar surface area (TPSA) is 78.2 Å². The van der Waals surface area contributed by atoms with Gasteiger partial charge in [0.15, 0.2) is 5.96 Å². The zero-order chi connectivity index (χ0) is 22.0. The third-order valence-corrected chi connectivity index (χ3v) is 6.07. The summed E-state index contributed by atoms with van der Waals surface area (Å²) in [6.45, 7) is 10.2. The molecule has 0 spiro atoms. The van der Waals surface area contributed by atoms with E-state index in [1.54, 1.807) is 6.26 Å². The number of hydrogen-bond acceptors (Lipinski definition) is 6. The third-order valence-electron chi connectivity index (χ3n) is 6.07. The van der Waals surface area contributed by atoms with Crippen LogP contribution in [0.1, 0.15) is 24.3 Å². The lowest BCUT2D eigenvalue weighted by atomic mass is 10.1. The van der Waals surface area contributed by atoms with Gasteiger partial charge in [0, 0.05) is 57.4 Å². The van der Waals surface area contributed by atoms with Crippen LogP contribution in [0.2, 0.25) is 0 Å². The number of pyridine rings is 1. The van der Waals surface area contributed by atoms with E-state index in [2.05, 4.69) is 37.6 Å². The molecule has 0 unspecified atom stereocenters. The number of nitrogens with zero attached hydrogens (tertiary/aromatic N) is 4. The molecule has 2 fully saturated rings. The van der Waals surface area contributed by atoms with E-state index in [1.165, 1.54) is 0 Å². The van der Waals surface area contributed by atoms with Gasteiger partial charge in [-0.3, -0.25) is 9.89 Å². The molecule has 0 aliphatic carbocycles. The average Bonchev–Trinajstić information content (AvgIpc) is 3.34. The Morgan fingerprint density at radius 2 is 1.97 bits per heavy atom. The molecule has 0 atom stereocenters. The monoisotopic (exact) mass is 440 g/mol. The highest BCUT2D eigenvalue weighted by molar-refractivity contribution is 5.80. The number of hydrogen-bond donors (Lipinski definition) is 2. The first-order chi connectivity index (χ1) is 15.8. The molecule has 0 bridgehead atoms. The molecule has 0 amide bonds. The largest absolute Gasteiger partial charge is 0.469 e. The number of piperidine rings is 1. The summed E-state index contributed by atoms with van der Waals surface area (Å²) in [5, 5.41) is 7.18. The van der Waals surface area contributed by atoms with Crippen LogP contribution in [0.5, 0.6) is 0 Å². The molecule has 2 saturated heterocycles. The van der Waals surface area contributed by atoms with Gasteiger partial charge in [0.2, 0.25) is 0 Å². The quantitative estimate of drug-likeness (QED) is 0.481. The van der Waals surface area contributed by atoms with Crippen molar-refractivity contribution in [2.75, 3.05) is 63.9 Å². The van der Waals surface area contributed by atoms with Crippen LogP contribution in [0.15, 0.2) is 46.0 Å². The van der Waals surface area contributed by atoms with Crippen LogP contribution in [0.25, 0.3) is 0 Å². The Labute approximate surface area is 191 Å². The van der Waals surface area contributed by atoms with Crippen LogP contribution >= 0.6 is 0 Å². The maximum atomic E-state index is 5.46. The SMILES string of the molecule is Cc1cccc(N2CCC(NC(=NCCN3CCOCC3)NCCc3ccco3)CC2)n1. The lowest BCUT2D eigenvalue weighted by molar-refractivity contribution is 0.0394. The Bertz CT molecular complexity index is 827. The van der Waals surface area contributed by atoms with E-state index < -0.39 is 0 Å². The summed E-state index contributed by atoms with van der Waals surface area (Å²) >= 11 is 0. The Morgan fingerprint density at radius 1 is 1.12 bits per heavy atom. The predicted molar refractivity (Wildman–Crippen MR) is 127 cm³/mol. The average molecular weight is 441 g/mol. The minimum absolute atomic E-state index is 0.411. The van der Waals surface area contributed by atoms with Crippen molar-refractivity contribution < 1.29 is 9.15 Å². The zero-order valence-electron chi connectivity index (χ0n) is 19.1. The molecule has 2 aromatic rings. The summed E-state index contributed by atoms with van der Waals surface area (Å²) in [6, 6.07) is 10.6. The Hall–Kier alpha value is -2.58. The molecule has 8 nitrogen and oxygen atoms in total. The molecule has 2 aromatic heterocycles. The van der Waals surface area contributed by atoms with Crippen LogP contribution in [-0.2, 0) is 11.2 Å². The van der Waals surface area contributed by atoms with Crippen LogP contribution in [-0.4, -0.2) is 80.9 Å². The fourth-order valence-electron chi connectivity index (χ4n) is 4.19. The molecule has 2 aliphatic heterocycles. The summed E-state index contributed by atoms with van der Waals surface area (Å²) in [5.41, 5.74) is 1.07. The van der Waals surface area contributed by atoms with Gasteiger partial charge in [-0.15, -0.1) is 0 Å². The first kappa shape index (κ1) is 22.6. The van der Waals surface area contributed by atoms with Crippen molar-refractivity contribution in [3.8, 4) is 0 Å². The second-order valence-corrected chi connectivity index (χ2v) is 8.48. The highest BCUT2D eigenvalue weighted by Crippen LogP contribution is 2.18. The van der Waals surface area contributed by atoms with Gasteiger partial charge in [-0.1, -0.05) is 6.07 Å². The van der Waals surface area contributed by atoms with E-state index in [0.29, 0.717) is 6.04 Å². The number of aliphatic imine (C=N–C) groups is 1.